The lowest BCUT2D eigenvalue weighted by molar-refractivity contribution is 0.0631. The summed E-state index contributed by atoms with van der Waals surface area (Å²) in [4.78, 5) is 14.4. The normalized spacial score (nSPS) is 22.9. The van der Waals surface area contributed by atoms with Crippen molar-refractivity contribution in [2.24, 2.45) is 5.92 Å². The average molecular weight is 278 g/mol. The molecule has 1 N–H and O–H groups in total. The molecule has 2 atom stereocenters. The maximum Gasteiger partial charge on any atom is 0.253 e. The number of carbonyl (C=O) groups is 1. The molecule has 0 radical (unpaired) electrons. The molecule has 1 fully saturated rings. The van der Waals surface area contributed by atoms with Gasteiger partial charge >= 0.3 is 0 Å². The molecule has 0 aromatic heterocycles. The number of benzene rings is 1. The second kappa shape index (κ2) is 6.35. The van der Waals surface area contributed by atoms with Crippen molar-refractivity contribution >= 4 is 5.91 Å². The third-order valence-corrected chi connectivity index (χ3v) is 4.21. The van der Waals surface area contributed by atoms with E-state index in [0.29, 0.717) is 17.5 Å². The molecule has 1 aromatic carbocycles. The molecule has 1 heterocycles. The number of hydrogen-bond acceptors (Lipinski definition) is 2. The maximum atomic E-state index is 13.4. The van der Waals surface area contributed by atoms with Gasteiger partial charge < -0.3 is 10.2 Å². The Hall–Kier alpha value is -1.42. The summed E-state index contributed by atoms with van der Waals surface area (Å²) in [6.07, 6.45) is 1.99. The number of rotatable bonds is 3. The fraction of sp³-hybridized carbons (Fsp3) is 0.562. The molecule has 20 heavy (non-hydrogen) atoms. The third-order valence-electron chi connectivity index (χ3n) is 4.21. The van der Waals surface area contributed by atoms with Gasteiger partial charge in [0, 0.05) is 24.7 Å². The fourth-order valence-electron chi connectivity index (χ4n) is 3.05. The van der Waals surface area contributed by atoms with Crippen LogP contribution in [-0.4, -0.2) is 37.0 Å². The van der Waals surface area contributed by atoms with E-state index in [0.717, 1.165) is 31.5 Å². The van der Waals surface area contributed by atoms with E-state index in [9.17, 15) is 9.18 Å². The standard InChI is InChI=1S/C16H23FN2O/c1-4-12-10-19(6-5-15(12)18-3)16(20)13-7-11(2)8-14(17)9-13/h7-9,12,15,18H,4-6,10H2,1-3H3. The van der Waals surface area contributed by atoms with Crippen molar-refractivity contribution in [3.05, 3.63) is 35.1 Å². The highest BCUT2D eigenvalue weighted by atomic mass is 19.1. The van der Waals surface area contributed by atoms with Crippen LogP contribution in [0.2, 0.25) is 0 Å². The number of piperidine rings is 1. The SMILES string of the molecule is CCC1CN(C(=O)c2cc(C)cc(F)c2)CCC1NC. The van der Waals surface area contributed by atoms with Crippen molar-refractivity contribution in [1.82, 2.24) is 10.2 Å². The Labute approximate surface area is 120 Å². The van der Waals surface area contributed by atoms with E-state index in [1.165, 1.54) is 12.1 Å². The van der Waals surface area contributed by atoms with E-state index in [-0.39, 0.29) is 11.7 Å². The predicted molar refractivity (Wildman–Crippen MR) is 78.3 cm³/mol. The Balaban J connectivity index is 2.13. The van der Waals surface area contributed by atoms with Gasteiger partial charge in [0.15, 0.2) is 0 Å². The number of halogens is 1. The maximum absolute atomic E-state index is 13.4. The van der Waals surface area contributed by atoms with Crippen molar-refractivity contribution < 1.29 is 9.18 Å². The Kier molecular flexibility index (Phi) is 4.76. The highest BCUT2D eigenvalue weighted by molar-refractivity contribution is 5.94. The van der Waals surface area contributed by atoms with E-state index >= 15 is 0 Å². The first-order valence-electron chi connectivity index (χ1n) is 7.29. The first-order chi connectivity index (χ1) is 9.55. The Bertz CT molecular complexity index is 469. The number of aryl methyl sites for hydroxylation is 1. The van der Waals surface area contributed by atoms with E-state index < -0.39 is 0 Å². The highest BCUT2D eigenvalue weighted by Crippen LogP contribution is 2.22. The number of nitrogens with zero attached hydrogens (tertiary/aromatic N) is 1. The lowest BCUT2D eigenvalue weighted by Gasteiger charge is -2.38. The van der Waals surface area contributed by atoms with Crippen LogP contribution in [0.25, 0.3) is 0 Å². The monoisotopic (exact) mass is 278 g/mol. The summed E-state index contributed by atoms with van der Waals surface area (Å²) in [7, 11) is 1.97. The van der Waals surface area contributed by atoms with E-state index in [2.05, 4.69) is 12.2 Å². The zero-order valence-corrected chi connectivity index (χ0v) is 12.4. The fourth-order valence-corrected chi connectivity index (χ4v) is 3.05. The zero-order chi connectivity index (χ0) is 14.7. The zero-order valence-electron chi connectivity index (χ0n) is 12.4. The molecule has 0 bridgehead atoms. The second-order valence-corrected chi connectivity index (χ2v) is 5.62. The molecule has 3 nitrogen and oxygen atoms in total. The molecule has 1 aromatic rings. The molecule has 1 aliphatic rings. The van der Waals surface area contributed by atoms with Crippen LogP contribution in [0, 0.1) is 18.7 Å². The average Bonchev–Trinajstić information content (AvgIpc) is 2.44. The molecule has 4 heteroatoms. The Morgan fingerprint density at radius 1 is 1.45 bits per heavy atom. The van der Waals surface area contributed by atoms with Gasteiger partial charge in [0.2, 0.25) is 0 Å². The first kappa shape index (κ1) is 15.0. The molecule has 2 rings (SSSR count). The molecule has 1 saturated heterocycles. The number of nitrogens with one attached hydrogen (secondary N) is 1. The molecule has 2 unspecified atom stereocenters. The van der Waals surface area contributed by atoms with Crippen LogP contribution >= 0.6 is 0 Å². The van der Waals surface area contributed by atoms with Crippen molar-refractivity contribution in [2.45, 2.75) is 32.7 Å². The van der Waals surface area contributed by atoms with Crippen LogP contribution in [-0.2, 0) is 0 Å². The minimum Gasteiger partial charge on any atom is -0.338 e. The van der Waals surface area contributed by atoms with Crippen molar-refractivity contribution in [3.63, 3.8) is 0 Å². The lowest BCUT2D eigenvalue weighted by Crippen LogP contribution is -2.50. The van der Waals surface area contributed by atoms with Gasteiger partial charge in [0.1, 0.15) is 5.82 Å². The molecular formula is C16H23FN2O. The summed E-state index contributed by atoms with van der Waals surface area (Å²) in [5, 5.41) is 3.32. The summed E-state index contributed by atoms with van der Waals surface area (Å²) in [6, 6.07) is 5.01. The van der Waals surface area contributed by atoms with Crippen LogP contribution in [0.15, 0.2) is 18.2 Å². The van der Waals surface area contributed by atoms with Crippen LogP contribution in [0.3, 0.4) is 0 Å². The van der Waals surface area contributed by atoms with Crippen molar-refractivity contribution in [3.8, 4) is 0 Å². The van der Waals surface area contributed by atoms with E-state index in [1.54, 1.807) is 6.07 Å². The third kappa shape index (κ3) is 3.18. The van der Waals surface area contributed by atoms with Crippen LogP contribution in [0.1, 0.15) is 35.7 Å². The van der Waals surface area contributed by atoms with Gasteiger partial charge in [0.25, 0.3) is 5.91 Å². The lowest BCUT2D eigenvalue weighted by atomic mass is 9.89. The summed E-state index contributed by atoms with van der Waals surface area (Å²) < 4.78 is 13.4. The molecule has 1 amide bonds. The quantitative estimate of drug-likeness (QED) is 0.921. The van der Waals surface area contributed by atoms with Gasteiger partial charge in [-0.3, -0.25) is 4.79 Å². The van der Waals surface area contributed by atoms with Gasteiger partial charge in [-0.2, -0.15) is 0 Å². The highest BCUT2D eigenvalue weighted by Gasteiger charge is 2.29. The largest absolute Gasteiger partial charge is 0.338 e. The van der Waals surface area contributed by atoms with Gasteiger partial charge in [-0.15, -0.1) is 0 Å². The number of likely N-dealkylation sites (tertiary alicyclic amines) is 1. The van der Waals surface area contributed by atoms with Crippen LogP contribution < -0.4 is 5.32 Å². The summed E-state index contributed by atoms with van der Waals surface area (Å²) >= 11 is 0. The van der Waals surface area contributed by atoms with Crippen molar-refractivity contribution in [2.75, 3.05) is 20.1 Å². The van der Waals surface area contributed by atoms with Gasteiger partial charge in [-0.05, 0) is 50.1 Å². The first-order valence-corrected chi connectivity index (χ1v) is 7.29. The summed E-state index contributed by atoms with van der Waals surface area (Å²) in [5.41, 5.74) is 1.24. The van der Waals surface area contributed by atoms with Gasteiger partial charge in [-0.1, -0.05) is 13.3 Å². The van der Waals surface area contributed by atoms with Crippen molar-refractivity contribution in [1.29, 1.82) is 0 Å². The molecular weight excluding hydrogens is 255 g/mol. The smallest absolute Gasteiger partial charge is 0.253 e. The van der Waals surface area contributed by atoms with E-state index in [4.69, 9.17) is 0 Å². The Morgan fingerprint density at radius 2 is 2.20 bits per heavy atom. The number of amides is 1. The number of hydrogen-bond donors (Lipinski definition) is 1. The number of carbonyl (C=O) groups excluding carboxylic acids is 1. The molecule has 110 valence electrons. The topological polar surface area (TPSA) is 32.3 Å². The second-order valence-electron chi connectivity index (χ2n) is 5.62. The Morgan fingerprint density at radius 3 is 2.80 bits per heavy atom. The minimum atomic E-state index is -0.342. The molecule has 0 spiro atoms. The molecule has 0 saturated carbocycles. The minimum absolute atomic E-state index is 0.0550. The van der Waals surface area contributed by atoms with Crippen LogP contribution in [0.5, 0.6) is 0 Å². The summed E-state index contributed by atoms with van der Waals surface area (Å²) in [5.74, 6) is 0.0680. The molecule has 1 aliphatic heterocycles. The van der Waals surface area contributed by atoms with E-state index in [1.807, 2.05) is 18.9 Å². The van der Waals surface area contributed by atoms with Crippen LogP contribution in [0.4, 0.5) is 4.39 Å². The predicted octanol–water partition coefficient (Wildman–Crippen LogP) is 2.59. The summed E-state index contributed by atoms with van der Waals surface area (Å²) in [6.45, 7) is 5.43. The van der Waals surface area contributed by atoms with Gasteiger partial charge in [0.05, 0.1) is 0 Å². The molecule has 0 aliphatic carbocycles. The van der Waals surface area contributed by atoms with Gasteiger partial charge in [-0.25, -0.2) is 4.39 Å².